The van der Waals surface area contributed by atoms with Crippen molar-refractivity contribution >= 4 is 17.6 Å². The van der Waals surface area contributed by atoms with Crippen molar-refractivity contribution in [2.75, 3.05) is 32.1 Å². The molecule has 0 radical (unpaired) electrons. The van der Waals surface area contributed by atoms with E-state index in [1.54, 1.807) is 26.2 Å². The lowest BCUT2D eigenvalue weighted by Gasteiger charge is -2.29. The Kier molecular flexibility index (Phi) is 7.96. The minimum atomic E-state index is -0.368. The van der Waals surface area contributed by atoms with E-state index in [1.807, 2.05) is 44.2 Å². The van der Waals surface area contributed by atoms with Gasteiger partial charge in [0, 0.05) is 33.1 Å². The molecule has 6 nitrogen and oxygen atoms in total. The van der Waals surface area contributed by atoms with Gasteiger partial charge < -0.3 is 10.2 Å². The molecule has 0 unspecified atom stereocenters. The molecule has 0 aromatic heterocycles. The Morgan fingerprint density at radius 3 is 2.13 bits per heavy atom. The second-order valence-corrected chi connectivity index (χ2v) is 7.80. The molecule has 1 aliphatic heterocycles. The van der Waals surface area contributed by atoms with E-state index in [0.29, 0.717) is 24.3 Å². The number of nitrogens with one attached hydrogen (secondary N) is 1. The van der Waals surface area contributed by atoms with E-state index in [1.165, 1.54) is 9.80 Å². The van der Waals surface area contributed by atoms with Gasteiger partial charge in [-0.3, -0.25) is 4.79 Å². The van der Waals surface area contributed by atoms with Gasteiger partial charge in [0.1, 0.15) is 0 Å². The van der Waals surface area contributed by atoms with Crippen LogP contribution in [-0.2, 0) is 4.79 Å². The summed E-state index contributed by atoms with van der Waals surface area (Å²) in [7, 11) is 3.30. The number of amides is 3. The van der Waals surface area contributed by atoms with Crippen LogP contribution in [-0.4, -0.2) is 44.0 Å². The van der Waals surface area contributed by atoms with Gasteiger partial charge in [0.05, 0.1) is 23.2 Å². The lowest BCUT2D eigenvalue weighted by molar-refractivity contribution is -0.121. The molecule has 2 atom stereocenters. The molecule has 3 amide bonds. The fourth-order valence-electron chi connectivity index (χ4n) is 3.87. The van der Waals surface area contributed by atoms with Crippen LogP contribution in [0.5, 0.6) is 0 Å². The number of nitriles is 1. The average Bonchev–Trinajstić information content (AvgIpc) is 3.24. The van der Waals surface area contributed by atoms with Gasteiger partial charge in [-0.25, -0.2) is 9.69 Å². The Bertz CT molecular complexity index is 982. The predicted molar refractivity (Wildman–Crippen MR) is 123 cm³/mol. The van der Waals surface area contributed by atoms with Crippen molar-refractivity contribution in [2.24, 2.45) is 5.92 Å². The number of hydrogen-bond acceptors (Lipinski definition) is 4. The number of aryl methyl sites for hydroxylation is 2. The highest BCUT2D eigenvalue weighted by Gasteiger charge is 2.39. The molecular formula is C25H28N4O2. The molecule has 0 spiro atoms. The van der Waals surface area contributed by atoms with Crippen molar-refractivity contribution in [1.29, 1.82) is 5.26 Å². The summed E-state index contributed by atoms with van der Waals surface area (Å²) >= 11 is 0. The summed E-state index contributed by atoms with van der Waals surface area (Å²) < 4.78 is 0. The Morgan fingerprint density at radius 1 is 1.03 bits per heavy atom. The molecule has 0 saturated carbocycles. The summed E-state index contributed by atoms with van der Waals surface area (Å²) in [6, 6.07) is 14.8. The van der Waals surface area contributed by atoms with Crippen molar-refractivity contribution in [3.8, 4) is 18.9 Å². The highest BCUT2D eigenvalue weighted by molar-refractivity contribution is 6.15. The fourth-order valence-corrected chi connectivity index (χ4v) is 3.87. The fraction of sp³-hybridized carbons (Fsp3) is 0.320. The highest BCUT2D eigenvalue weighted by atomic mass is 16.2. The summed E-state index contributed by atoms with van der Waals surface area (Å²) in [5.74, 6) is -0.640. The molecule has 0 bridgehead atoms. The monoisotopic (exact) mass is 416 g/mol. The van der Waals surface area contributed by atoms with Crippen molar-refractivity contribution < 1.29 is 9.59 Å². The van der Waals surface area contributed by atoms with Gasteiger partial charge in [0.15, 0.2) is 0 Å². The molecule has 0 aliphatic carbocycles. The van der Waals surface area contributed by atoms with E-state index >= 15 is 0 Å². The first-order valence-corrected chi connectivity index (χ1v) is 9.99. The van der Waals surface area contributed by atoms with E-state index < -0.39 is 0 Å². The zero-order valence-corrected chi connectivity index (χ0v) is 18.4. The SMILES string of the molecule is C#C.Cc1cc(C)cc(N(C(=O)[C@H]2CNC[C@H]2c2ccc(C#N)cc2)C(=O)N(C)C)c1. The minimum Gasteiger partial charge on any atom is -0.330 e. The Hall–Kier alpha value is -3.61. The van der Waals surface area contributed by atoms with Crippen LogP contribution in [0.2, 0.25) is 0 Å². The maximum absolute atomic E-state index is 13.6. The van der Waals surface area contributed by atoms with Gasteiger partial charge in [-0.2, -0.15) is 5.26 Å². The van der Waals surface area contributed by atoms with Crippen LogP contribution < -0.4 is 10.2 Å². The van der Waals surface area contributed by atoms with Gasteiger partial charge in [0.2, 0.25) is 5.91 Å². The molecule has 160 valence electrons. The number of urea groups is 1. The van der Waals surface area contributed by atoms with Gasteiger partial charge in [-0.05, 0) is 54.8 Å². The van der Waals surface area contributed by atoms with Crippen LogP contribution in [0, 0.1) is 43.9 Å². The first-order chi connectivity index (χ1) is 14.8. The molecule has 6 heteroatoms. The normalized spacial score (nSPS) is 17.1. The van der Waals surface area contributed by atoms with Crippen LogP contribution in [0.25, 0.3) is 0 Å². The van der Waals surface area contributed by atoms with E-state index in [0.717, 1.165) is 16.7 Å². The third-order valence-electron chi connectivity index (χ3n) is 5.26. The highest BCUT2D eigenvalue weighted by Crippen LogP contribution is 2.32. The Balaban J connectivity index is 0.00000166. The Labute approximate surface area is 184 Å². The summed E-state index contributed by atoms with van der Waals surface area (Å²) in [6.45, 7) is 5.07. The maximum atomic E-state index is 13.6. The summed E-state index contributed by atoms with van der Waals surface area (Å²) in [4.78, 5) is 29.3. The summed E-state index contributed by atoms with van der Waals surface area (Å²) in [6.07, 6.45) is 8.00. The van der Waals surface area contributed by atoms with Crippen LogP contribution >= 0.6 is 0 Å². The van der Waals surface area contributed by atoms with E-state index in [2.05, 4.69) is 24.2 Å². The van der Waals surface area contributed by atoms with Crippen molar-refractivity contribution in [3.05, 3.63) is 64.7 Å². The molecule has 1 N–H and O–H groups in total. The number of benzene rings is 2. The van der Waals surface area contributed by atoms with Crippen molar-refractivity contribution in [3.63, 3.8) is 0 Å². The quantitative estimate of drug-likeness (QED) is 0.778. The molecule has 1 fully saturated rings. The number of hydrogen-bond donors (Lipinski definition) is 1. The lowest BCUT2D eigenvalue weighted by atomic mass is 9.87. The first kappa shape index (κ1) is 23.7. The van der Waals surface area contributed by atoms with Gasteiger partial charge in [-0.1, -0.05) is 18.2 Å². The molecule has 2 aromatic carbocycles. The van der Waals surface area contributed by atoms with Crippen LogP contribution in [0.4, 0.5) is 10.5 Å². The van der Waals surface area contributed by atoms with E-state index in [4.69, 9.17) is 5.26 Å². The molecule has 1 saturated heterocycles. The summed E-state index contributed by atoms with van der Waals surface area (Å²) in [5.41, 5.74) is 4.17. The van der Waals surface area contributed by atoms with E-state index in [-0.39, 0.29) is 23.8 Å². The topological polar surface area (TPSA) is 76.4 Å². The number of imide groups is 1. The first-order valence-electron chi connectivity index (χ1n) is 9.99. The molecule has 2 aromatic rings. The smallest absolute Gasteiger partial charge is 0.330 e. The average molecular weight is 417 g/mol. The minimum absolute atomic E-state index is 0.0568. The van der Waals surface area contributed by atoms with E-state index in [9.17, 15) is 9.59 Å². The standard InChI is InChI=1S/C23H26N4O2.C2H2/c1-15-9-16(2)11-19(10-15)27(23(29)26(3)4)22(28)21-14-25-13-20(21)18-7-5-17(12-24)6-8-18;1-2/h5-11,20-21,25H,13-14H2,1-4H3;1-2H/t20-,21-;/m0./s1. The number of carbonyl (C=O) groups excluding carboxylic acids is 2. The van der Waals surface area contributed by atoms with Crippen LogP contribution in [0.15, 0.2) is 42.5 Å². The maximum Gasteiger partial charge on any atom is 0.330 e. The van der Waals surface area contributed by atoms with Crippen molar-refractivity contribution in [2.45, 2.75) is 19.8 Å². The zero-order valence-electron chi connectivity index (χ0n) is 18.4. The number of rotatable bonds is 3. The molecule has 1 aliphatic rings. The zero-order chi connectivity index (χ0) is 23.1. The number of carbonyl (C=O) groups is 2. The van der Waals surface area contributed by atoms with Gasteiger partial charge >= 0.3 is 6.03 Å². The van der Waals surface area contributed by atoms with Crippen LogP contribution in [0.3, 0.4) is 0 Å². The van der Waals surface area contributed by atoms with Gasteiger partial charge in [0.25, 0.3) is 0 Å². The largest absolute Gasteiger partial charge is 0.330 e. The second kappa shape index (κ2) is 10.4. The Morgan fingerprint density at radius 2 is 1.61 bits per heavy atom. The molecule has 1 heterocycles. The van der Waals surface area contributed by atoms with Crippen molar-refractivity contribution in [1.82, 2.24) is 10.2 Å². The van der Waals surface area contributed by atoms with Gasteiger partial charge in [-0.15, -0.1) is 12.8 Å². The number of terminal acetylenes is 1. The number of anilines is 1. The summed E-state index contributed by atoms with van der Waals surface area (Å²) in [5, 5.41) is 12.3. The molecule has 31 heavy (non-hydrogen) atoms. The molecular weight excluding hydrogens is 388 g/mol. The third kappa shape index (κ3) is 5.31. The molecule has 3 rings (SSSR count). The third-order valence-corrected chi connectivity index (χ3v) is 5.26. The second-order valence-electron chi connectivity index (χ2n) is 7.80. The predicted octanol–water partition coefficient (Wildman–Crippen LogP) is 3.44. The number of nitrogens with zero attached hydrogens (tertiary/aromatic N) is 3. The lowest BCUT2D eigenvalue weighted by Crippen LogP contribution is -2.47. The van der Waals surface area contributed by atoms with Crippen LogP contribution in [0.1, 0.15) is 28.2 Å².